The molecule has 0 aliphatic carbocycles. The van der Waals surface area contributed by atoms with E-state index in [-0.39, 0.29) is 13.5 Å². The summed E-state index contributed by atoms with van der Waals surface area (Å²) in [4.78, 5) is 8.74. The van der Waals surface area contributed by atoms with E-state index in [4.69, 9.17) is 0 Å². The molecular formula is C11H19N3S. The normalized spacial score (nSPS) is 20.0. The fourth-order valence-corrected chi connectivity index (χ4v) is 2.08. The van der Waals surface area contributed by atoms with Gasteiger partial charge in [0.25, 0.3) is 0 Å². The Kier molecular flexibility index (Phi) is 4.54. The summed E-state index contributed by atoms with van der Waals surface area (Å²) in [5.74, 6) is 1.66. The summed E-state index contributed by atoms with van der Waals surface area (Å²) < 4.78 is 0. The molecule has 0 amide bonds. The molecule has 3 nitrogen and oxygen atoms in total. The van der Waals surface area contributed by atoms with Gasteiger partial charge in [-0.25, -0.2) is 9.97 Å². The smallest absolute Gasteiger partial charge is 0.125 e. The maximum absolute atomic E-state index is 4.46. The molecule has 1 aromatic rings. The van der Waals surface area contributed by atoms with Gasteiger partial charge in [-0.2, -0.15) is 13.5 Å². The average molecular weight is 225 g/mol. The quantitative estimate of drug-likeness (QED) is 0.826. The highest BCUT2D eigenvalue weighted by atomic mass is 32.1. The first-order valence-corrected chi connectivity index (χ1v) is 5.26. The number of aryl methyl sites for hydroxylation is 2. The van der Waals surface area contributed by atoms with Gasteiger partial charge in [-0.05, 0) is 51.8 Å². The zero-order valence-electron chi connectivity index (χ0n) is 9.38. The minimum atomic E-state index is 0. The van der Waals surface area contributed by atoms with Crippen LogP contribution in [0, 0.1) is 19.8 Å². The first kappa shape index (κ1) is 12.5. The summed E-state index contributed by atoms with van der Waals surface area (Å²) in [5, 5.41) is 3.38. The fraction of sp³-hybridized carbons (Fsp3) is 0.636. The predicted molar refractivity (Wildman–Crippen MR) is 66.6 cm³/mol. The molecule has 1 atom stereocenters. The molecule has 0 spiro atoms. The van der Waals surface area contributed by atoms with Crippen LogP contribution in [0.25, 0.3) is 0 Å². The molecular weight excluding hydrogens is 206 g/mol. The summed E-state index contributed by atoms with van der Waals surface area (Å²) in [6.07, 6.45) is 2.37. The molecule has 0 radical (unpaired) electrons. The lowest BCUT2D eigenvalue weighted by Crippen LogP contribution is -2.12. The third kappa shape index (κ3) is 3.47. The van der Waals surface area contributed by atoms with E-state index in [0.29, 0.717) is 0 Å². The summed E-state index contributed by atoms with van der Waals surface area (Å²) in [6, 6.07) is 2.10. The molecule has 1 aliphatic rings. The molecule has 1 fully saturated rings. The third-order valence-corrected chi connectivity index (χ3v) is 2.68. The van der Waals surface area contributed by atoms with E-state index in [1.807, 2.05) is 13.8 Å². The van der Waals surface area contributed by atoms with E-state index >= 15 is 0 Å². The van der Waals surface area contributed by atoms with Gasteiger partial charge in [-0.3, -0.25) is 0 Å². The van der Waals surface area contributed by atoms with Gasteiger partial charge in [-0.15, -0.1) is 0 Å². The van der Waals surface area contributed by atoms with Crippen molar-refractivity contribution in [1.29, 1.82) is 0 Å². The molecule has 0 bridgehead atoms. The molecule has 0 saturated carbocycles. The molecule has 1 aromatic heterocycles. The van der Waals surface area contributed by atoms with Crippen LogP contribution >= 0.6 is 13.5 Å². The number of nitrogens with zero attached hydrogens (tertiary/aromatic N) is 2. The zero-order valence-corrected chi connectivity index (χ0v) is 10.4. The van der Waals surface area contributed by atoms with E-state index in [1.165, 1.54) is 12.1 Å². The van der Waals surface area contributed by atoms with Gasteiger partial charge >= 0.3 is 0 Å². The van der Waals surface area contributed by atoms with Crippen molar-refractivity contribution in [3.8, 4) is 0 Å². The van der Waals surface area contributed by atoms with Gasteiger partial charge in [-0.1, -0.05) is 0 Å². The Bertz CT molecular complexity index is 301. The van der Waals surface area contributed by atoms with Crippen molar-refractivity contribution in [2.75, 3.05) is 13.1 Å². The van der Waals surface area contributed by atoms with E-state index in [0.717, 1.165) is 36.9 Å². The van der Waals surface area contributed by atoms with Crippen molar-refractivity contribution in [3.63, 3.8) is 0 Å². The third-order valence-electron chi connectivity index (χ3n) is 2.68. The molecule has 2 heterocycles. The number of hydrogen-bond donors (Lipinski definition) is 1. The minimum Gasteiger partial charge on any atom is -0.316 e. The zero-order chi connectivity index (χ0) is 9.97. The van der Waals surface area contributed by atoms with Crippen molar-refractivity contribution >= 4 is 13.5 Å². The Labute approximate surface area is 98.2 Å². The van der Waals surface area contributed by atoms with Crippen molar-refractivity contribution in [2.45, 2.75) is 26.7 Å². The van der Waals surface area contributed by atoms with Gasteiger partial charge in [0.05, 0.1) is 0 Å². The van der Waals surface area contributed by atoms with E-state index in [9.17, 15) is 0 Å². The molecule has 4 heteroatoms. The monoisotopic (exact) mass is 225 g/mol. The largest absolute Gasteiger partial charge is 0.316 e. The minimum absolute atomic E-state index is 0. The topological polar surface area (TPSA) is 37.8 Å². The standard InChI is InChI=1S/C11H17N3.H2S/c1-8-5-11(14-9(2)13-8)6-10-3-4-12-7-10;/h5,10,12H,3-4,6-7H2,1-2H3;1H2/t10-;/m0./s1. The number of hydrogen-bond acceptors (Lipinski definition) is 3. The van der Waals surface area contributed by atoms with E-state index < -0.39 is 0 Å². The predicted octanol–water partition coefficient (Wildman–Crippen LogP) is 1.36. The first-order valence-electron chi connectivity index (χ1n) is 5.26. The van der Waals surface area contributed by atoms with Crippen LogP contribution in [0.3, 0.4) is 0 Å². The fourth-order valence-electron chi connectivity index (χ4n) is 2.08. The molecule has 1 aliphatic heterocycles. The number of nitrogens with one attached hydrogen (secondary N) is 1. The van der Waals surface area contributed by atoms with Gasteiger partial charge in [0, 0.05) is 11.4 Å². The summed E-state index contributed by atoms with van der Waals surface area (Å²) in [7, 11) is 0. The van der Waals surface area contributed by atoms with Crippen LogP contribution < -0.4 is 5.32 Å². The van der Waals surface area contributed by atoms with Crippen LogP contribution in [0.1, 0.15) is 23.6 Å². The summed E-state index contributed by atoms with van der Waals surface area (Å²) in [5.41, 5.74) is 2.28. The lowest BCUT2D eigenvalue weighted by Gasteiger charge is -2.08. The van der Waals surface area contributed by atoms with Crippen LogP contribution in [0.15, 0.2) is 6.07 Å². The maximum atomic E-state index is 4.46. The van der Waals surface area contributed by atoms with Crippen LogP contribution in [0.2, 0.25) is 0 Å². The van der Waals surface area contributed by atoms with Gasteiger partial charge < -0.3 is 5.32 Å². The summed E-state index contributed by atoms with van der Waals surface area (Å²) in [6.45, 7) is 6.30. The highest BCUT2D eigenvalue weighted by molar-refractivity contribution is 7.59. The highest BCUT2D eigenvalue weighted by Crippen LogP contribution is 2.14. The van der Waals surface area contributed by atoms with Crippen molar-refractivity contribution < 1.29 is 0 Å². The van der Waals surface area contributed by atoms with Crippen molar-refractivity contribution in [2.24, 2.45) is 5.92 Å². The molecule has 1 saturated heterocycles. The molecule has 1 N–H and O–H groups in total. The SMILES string of the molecule is Cc1cc(C[C@@H]2CCNC2)nc(C)n1.S. The van der Waals surface area contributed by atoms with E-state index in [1.54, 1.807) is 0 Å². The lowest BCUT2D eigenvalue weighted by atomic mass is 10.0. The van der Waals surface area contributed by atoms with Gasteiger partial charge in [0.2, 0.25) is 0 Å². The van der Waals surface area contributed by atoms with Gasteiger partial charge in [0.1, 0.15) is 5.82 Å². The van der Waals surface area contributed by atoms with E-state index in [2.05, 4.69) is 21.4 Å². The number of rotatable bonds is 2. The molecule has 0 aromatic carbocycles. The Morgan fingerprint density at radius 1 is 1.40 bits per heavy atom. The van der Waals surface area contributed by atoms with Crippen LogP contribution in [0.5, 0.6) is 0 Å². The highest BCUT2D eigenvalue weighted by Gasteiger charge is 2.15. The molecule has 84 valence electrons. The average Bonchev–Trinajstić information content (AvgIpc) is 2.54. The number of aromatic nitrogens is 2. The van der Waals surface area contributed by atoms with Gasteiger partial charge in [0.15, 0.2) is 0 Å². The summed E-state index contributed by atoms with van der Waals surface area (Å²) >= 11 is 0. The second-order valence-corrected chi connectivity index (χ2v) is 4.11. The van der Waals surface area contributed by atoms with Crippen molar-refractivity contribution in [3.05, 3.63) is 23.3 Å². The maximum Gasteiger partial charge on any atom is 0.125 e. The van der Waals surface area contributed by atoms with Crippen LogP contribution in [-0.4, -0.2) is 23.1 Å². The van der Waals surface area contributed by atoms with Crippen LogP contribution in [0.4, 0.5) is 0 Å². The van der Waals surface area contributed by atoms with Crippen LogP contribution in [-0.2, 0) is 6.42 Å². The molecule has 2 rings (SSSR count). The van der Waals surface area contributed by atoms with Crippen molar-refractivity contribution in [1.82, 2.24) is 15.3 Å². The lowest BCUT2D eigenvalue weighted by molar-refractivity contribution is 0.569. The Morgan fingerprint density at radius 2 is 2.20 bits per heavy atom. The molecule has 0 unspecified atom stereocenters. The Hall–Kier alpha value is -0.610. The Morgan fingerprint density at radius 3 is 2.80 bits per heavy atom. The molecule has 15 heavy (non-hydrogen) atoms. The second-order valence-electron chi connectivity index (χ2n) is 4.11. The first-order chi connectivity index (χ1) is 6.74. The second kappa shape index (κ2) is 5.47. The Balaban J connectivity index is 0.00000112.